The summed E-state index contributed by atoms with van der Waals surface area (Å²) in [5.74, 6) is -1.64. The number of carbonyl (C=O) groups is 2. The fourth-order valence-corrected chi connectivity index (χ4v) is 3.98. The van der Waals surface area contributed by atoms with Gasteiger partial charge in [0.1, 0.15) is 17.3 Å². The van der Waals surface area contributed by atoms with Crippen molar-refractivity contribution < 1.29 is 23.8 Å². The Kier molecular flexibility index (Phi) is 6.01. The first-order valence-corrected chi connectivity index (χ1v) is 10.7. The molecule has 0 aliphatic carbocycles. The van der Waals surface area contributed by atoms with Crippen molar-refractivity contribution in [1.82, 2.24) is 0 Å². The van der Waals surface area contributed by atoms with Crippen LogP contribution in [0.5, 0.6) is 5.75 Å². The van der Waals surface area contributed by atoms with E-state index in [1.165, 1.54) is 23.1 Å². The van der Waals surface area contributed by atoms with Gasteiger partial charge in [-0.25, -0.2) is 4.39 Å². The fraction of sp³-hybridized carbons (Fsp3) is 0.185. The summed E-state index contributed by atoms with van der Waals surface area (Å²) < 4.78 is 19.3. The molecule has 1 heterocycles. The second-order valence-corrected chi connectivity index (χ2v) is 7.97. The van der Waals surface area contributed by atoms with Gasteiger partial charge >= 0.3 is 0 Å². The van der Waals surface area contributed by atoms with Gasteiger partial charge in [0.25, 0.3) is 11.7 Å². The maximum Gasteiger partial charge on any atom is 0.300 e. The van der Waals surface area contributed by atoms with Gasteiger partial charge in [-0.15, -0.1) is 0 Å². The third-order valence-corrected chi connectivity index (χ3v) is 5.69. The Bertz CT molecular complexity index is 1250. The molecule has 3 aromatic carbocycles. The molecular formula is C27H24FNO4. The molecule has 3 aromatic rings. The molecule has 0 bridgehead atoms. The summed E-state index contributed by atoms with van der Waals surface area (Å²) in [7, 11) is 0. The second-order valence-electron chi connectivity index (χ2n) is 7.97. The van der Waals surface area contributed by atoms with Gasteiger partial charge in [0.2, 0.25) is 0 Å². The van der Waals surface area contributed by atoms with Crippen molar-refractivity contribution in [3.05, 3.63) is 100 Å². The van der Waals surface area contributed by atoms with E-state index in [4.69, 9.17) is 4.74 Å². The predicted molar refractivity (Wildman–Crippen MR) is 125 cm³/mol. The summed E-state index contributed by atoms with van der Waals surface area (Å²) in [6, 6.07) is 17.5. The lowest BCUT2D eigenvalue weighted by molar-refractivity contribution is -0.132. The van der Waals surface area contributed by atoms with E-state index in [1.54, 1.807) is 43.3 Å². The molecule has 1 amide bonds. The monoisotopic (exact) mass is 445 g/mol. The molecule has 0 spiro atoms. The quantitative estimate of drug-likeness (QED) is 0.321. The highest BCUT2D eigenvalue weighted by Crippen LogP contribution is 2.42. The van der Waals surface area contributed by atoms with Crippen LogP contribution in [0.2, 0.25) is 0 Å². The molecule has 4 rings (SSSR count). The molecule has 1 fully saturated rings. The average molecular weight is 445 g/mol. The van der Waals surface area contributed by atoms with Gasteiger partial charge in [0.15, 0.2) is 0 Å². The Labute approximate surface area is 191 Å². The Hall–Kier alpha value is -3.93. The van der Waals surface area contributed by atoms with Crippen molar-refractivity contribution in [3.8, 4) is 5.75 Å². The Morgan fingerprint density at radius 1 is 1.00 bits per heavy atom. The third kappa shape index (κ3) is 4.12. The van der Waals surface area contributed by atoms with E-state index in [0.29, 0.717) is 29.2 Å². The predicted octanol–water partition coefficient (Wildman–Crippen LogP) is 5.47. The zero-order chi connectivity index (χ0) is 23.7. The average Bonchev–Trinajstić information content (AvgIpc) is 3.07. The number of Topliss-reactive ketones (excluding diaryl/α,β-unsaturated/α-hetero) is 1. The van der Waals surface area contributed by atoms with Crippen molar-refractivity contribution in [3.63, 3.8) is 0 Å². The number of carbonyl (C=O) groups excluding carboxylic acids is 2. The van der Waals surface area contributed by atoms with Crippen LogP contribution in [0, 0.1) is 19.7 Å². The molecule has 0 radical (unpaired) electrons. The van der Waals surface area contributed by atoms with E-state index >= 15 is 0 Å². The molecule has 33 heavy (non-hydrogen) atoms. The van der Waals surface area contributed by atoms with E-state index in [0.717, 1.165) is 5.56 Å². The lowest BCUT2D eigenvalue weighted by atomic mass is 9.94. The number of nitrogens with zero attached hydrogens (tertiary/aromatic N) is 1. The number of hydrogen-bond donors (Lipinski definition) is 1. The van der Waals surface area contributed by atoms with Crippen molar-refractivity contribution in [2.24, 2.45) is 0 Å². The summed E-state index contributed by atoms with van der Waals surface area (Å²) in [4.78, 5) is 27.7. The largest absolute Gasteiger partial charge is 0.507 e. The molecule has 1 N–H and O–H groups in total. The van der Waals surface area contributed by atoms with E-state index in [2.05, 4.69) is 0 Å². The first kappa shape index (κ1) is 22.3. The Morgan fingerprint density at radius 2 is 1.67 bits per heavy atom. The molecule has 1 unspecified atom stereocenters. The lowest BCUT2D eigenvalue weighted by Crippen LogP contribution is -2.29. The van der Waals surface area contributed by atoms with Crippen LogP contribution in [0.25, 0.3) is 5.76 Å². The molecule has 5 nitrogen and oxygen atoms in total. The van der Waals surface area contributed by atoms with Gasteiger partial charge in [0.05, 0.1) is 18.2 Å². The molecule has 1 aliphatic heterocycles. The van der Waals surface area contributed by atoms with Gasteiger partial charge in [-0.05, 0) is 74.4 Å². The van der Waals surface area contributed by atoms with E-state index in [1.807, 2.05) is 26.0 Å². The zero-order valence-electron chi connectivity index (χ0n) is 18.6. The zero-order valence-corrected chi connectivity index (χ0v) is 18.6. The maximum absolute atomic E-state index is 13.8. The molecule has 1 atom stereocenters. The van der Waals surface area contributed by atoms with Crippen LogP contribution in [0.4, 0.5) is 10.1 Å². The summed E-state index contributed by atoms with van der Waals surface area (Å²) in [6.07, 6.45) is 0. The number of anilines is 1. The SMILES string of the molecule is CCOc1ccc(C2/C(=C(/O)c3ccc(F)c(C)c3)C(=O)C(=O)N2c2ccc(C)cc2)cc1. The standard InChI is InChI=1S/C27H24FNO4/c1-4-33-21-12-7-18(8-13-21)24-23(25(30)19-9-14-22(28)17(3)15-19)26(31)27(32)29(24)20-10-5-16(2)6-11-20/h5-15,24,30H,4H2,1-3H3/b25-23-. The van der Waals surface area contributed by atoms with Crippen LogP contribution in [-0.4, -0.2) is 23.4 Å². The highest BCUT2D eigenvalue weighted by atomic mass is 19.1. The summed E-state index contributed by atoms with van der Waals surface area (Å²) in [5.41, 5.74) is 2.73. The minimum atomic E-state index is -0.853. The molecule has 6 heteroatoms. The number of aryl methyl sites for hydroxylation is 2. The number of rotatable bonds is 5. The van der Waals surface area contributed by atoms with Crippen molar-refractivity contribution >= 4 is 23.1 Å². The van der Waals surface area contributed by atoms with Crippen molar-refractivity contribution in [1.29, 1.82) is 0 Å². The highest BCUT2D eigenvalue weighted by Gasteiger charge is 2.47. The van der Waals surface area contributed by atoms with Crippen LogP contribution in [0.3, 0.4) is 0 Å². The molecule has 168 valence electrons. The van der Waals surface area contributed by atoms with Crippen LogP contribution >= 0.6 is 0 Å². The second kappa shape index (κ2) is 8.90. The summed E-state index contributed by atoms with van der Waals surface area (Å²) in [5, 5.41) is 11.1. The molecule has 1 saturated heterocycles. The summed E-state index contributed by atoms with van der Waals surface area (Å²) >= 11 is 0. The van der Waals surface area contributed by atoms with Crippen molar-refractivity contribution in [2.45, 2.75) is 26.8 Å². The molecular weight excluding hydrogens is 421 g/mol. The van der Waals surface area contributed by atoms with Crippen LogP contribution in [0.15, 0.2) is 72.3 Å². The van der Waals surface area contributed by atoms with Crippen LogP contribution in [-0.2, 0) is 9.59 Å². The normalized spacial score (nSPS) is 17.5. The Morgan fingerprint density at radius 3 is 2.27 bits per heavy atom. The van der Waals surface area contributed by atoms with Gasteiger partial charge in [-0.1, -0.05) is 29.8 Å². The minimum Gasteiger partial charge on any atom is -0.507 e. The molecule has 0 saturated carbocycles. The number of benzene rings is 3. The lowest BCUT2D eigenvalue weighted by Gasteiger charge is -2.25. The summed E-state index contributed by atoms with van der Waals surface area (Å²) in [6.45, 7) is 5.88. The van der Waals surface area contributed by atoms with Gasteiger partial charge < -0.3 is 9.84 Å². The number of amides is 1. The van der Waals surface area contributed by atoms with Crippen LogP contribution < -0.4 is 9.64 Å². The number of hydrogen-bond acceptors (Lipinski definition) is 4. The van der Waals surface area contributed by atoms with E-state index < -0.39 is 23.5 Å². The number of halogens is 1. The van der Waals surface area contributed by atoms with Gasteiger partial charge in [-0.3, -0.25) is 14.5 Å². The Balaban J connectivity index is 1.91. The van der Waals surface area contributed by atoms with Crippen LogP contribution in [0.1, 0.15) is 35.2 Å². The maximum atomic E-state index is 13.8. The number of ketones is 1. The number of aliphatic hydroxyl groups excluding tert-OH is 1. The third-order valence-electron chi connectivity index (χ3n) is 5.69. The number of ether oxygens (including phenoxy) is 1. The first-order valence-electron chi connectivity index (χ1n) is 10.7. The van der Waals surface area contributed by atoms with Gasteiger partial charge in [0, 0.05) is 11.3 Å². The van der Waals surface area contributed by atoms with Crippen molar-refractivity contribution in [2.75, 3.05) is 11.5 Å². The topological polar surface area (TPSA) is 66.8 Å². The fourth-order valence-electron chi connectivity index (χ4n) is 3.98. The van der Waals surface area contributed by atoms with E-state index in [9.17, 15) is 19.1 Å². The van der Waals surface area contributed by atoms with E-state index in [-0.39, 0.29) is 16.9 Å². The van der Waals surface area contributed by atoms with Gasteiger partial charge in [-0.2, -0.15) is 0 Å². The minimum absolute atomic E-state index is 0.0456. The molecule has 1 aliphatic rings. The first-order chi connectivity index (χ1) is 15.8. The highest BCUT2D eigenvalue weighted by molar-refractivity contribution is 6.51. The smallest absolute Gasteiger partial charge is 0.300 e. The number of aliphatic hydroxyl groups is 1. The molecule has 0 aromatic heterocycles.